The third kappa shape index (κ3) is 5.16. The van der Waals surface area contributed by atoms with Gasteiger partial charge in [-0.2, -0.15) is 0 Å². The maximum atomic E-state index is 14.6. The van der Waals surface area contributed by atoms with Crippen LogP contribution in [0, 0.1) is 0 Å². The summed E-state index contributed by atoms with van der Waals surface area (Å²) in [4.78, 5) is 29.1. The molecule has 0 saturated carbocycles. The van der Waals surface area contributed by atoms with Gasteiger partial charge in [-0.1, -0.05) is 24.3 Å². The Hall–Kier alpha value is -5.98. The number of hydrogen-bond donors (Lipinski definition) is 5. The van der Waals surface area contributed by atoms with Crippen molar-refractivity contribution in [2.75, 3.05) is 20.8 Å². The van der Waals surface area contributed by atoms with Crippen molar-refractivity contribution in [1.29, 1.82) is 0 Å². The molecule has 4 aromatic rings. The lowest BCUT2D eigenvalue weighted by molar-refractivity contribution is -0.0865. The second kappa shape index (κ2) is 12.5. The van der Waals surface area contributed by atoms with E-state index in [2.05, 4.69) is 0 Å². The first kappa shape index (κ1) is 33.9. The molecule has 0 amide bonds. The summed E-state index contributed by atoms with van der Waals surface area (Å²) >= 11 is 0. The lowest BCUT2D eigenvalue weighted by Gasteiger charge is -2.34. The number of ether oxygens (including phenoxy) is 5. The van der Waals surface area contributed by atoms with E-state index in [0.717, 1.165) is 0 Å². The van der Waals surface area contributed by atoms with Crippen LogP contribution in [0.3, 0.4) is 0 Å². The van der Waals surface area contributed by atoms with Crippen LogP contribution >= 0.6 is 0 Å². The van der Waals surface area contributed by atoms with E-state index in [9.17, 15) is 35.1 Å². The number of allylic oxidation sites excluding steroid dienone is 2. The fraction of sp³-hybridized carbons (Fsp3) is 0.211. The number of benzene rings is 4. The third-order valence-corrected chi connectivity index (χ3v) is 8.79. The number of aliphatic hydroxyl groups is 1. The smallest absolute Gasteiger partial charge is 0.205 e. The van der Waals surface area contributed by atoms with Gasteiger partial charge in [0.25, 0.3) is 0 Å². The van der Waals surface area contributed by atoms with Gasteiger partial charge in [0.05, 0.1) is 32.0 Å². The average Bonchev–Trinajstić information content (AvgIpc) is 3.23. The highest BCUT2D eigenvalue weighted by atomic mass is 16.5. The number of ketones is 2. The first-order valence-electron chi connectivity index (χ1n) is 15.4. The van der Waals surface area contributed by atoms with Crippen LogP contribution in [0.2, 0.25) is 0 Å². The van der Waals surface area contributed by atoms with Gasteiger partial charge in [0.15, 0.2) is 34.2 Å². The zero-order chi connectivity index (χ0) is 36.1. The number of aromatic hydroxyl groups is 4. The highest BCUT2D eigenvalue weighted by molar-refractivity contribution is 6.08. The van der Waals surface area contributed by atoms with Gasteiger partial charge in [-0.05, 0) is 57.2 Å². The Labute approximate surface area is 286 Å². The molecule has 0 unspecified atom stereocenters. The van der Waals surface area contributed by atoms with Gasteiger partial charge in [0.1, 0.15) is 23.0 Å². The van der Waals surface area contributed by atoms with Crippen LogP contribution in [0.1, 0.15) is 63.7 Å². The van der Waals surface area contributed by atoms with Gasteiger partial charge in [0.2, 0.25) is 23.1 Å². The molecule has 50 heavy (non-hydrogen) atoms. The van der Waals surface area contributed by atoms with Crippen LogP contribution in [-0.2, 0) is 15.9 Å². The minimum atomic E-state index is -2.57. The molecule has 0 bridgehead atoms. The monoisotopic (exact) mass is 682 g/mol. The fourth-order valence-electron chi connectivity index (χ4n) is 6.20. The molecule has 0 fully saturated rings. The van der Waals surface area contributed by atoms with Crippen LogP contribution in [0.4, 0.5) is 0 Å². The second-order valence-electron chi connectivity index (χ2n) is 11.8. The summed E-state index contributed by atoms with van der Waals surface area (Å²) in [5.41, 5.74) is -4.24. The summed E-state index contributed by atoms with van der Waals surface area (Å²) in [5.74, 6) is -3.54. The molecule has 0 spiro atoms. The van der Waals surface area contributed by atoms with E-state index in [1.165, 1.54) is 69.7 Å². The quantitative estimate of drug-likeness (QED) is 0.140. The Bertz CT molecular complexity index is 1980. The molecule has 2 atom stereocenters. The molecular formula is C38H34O12. The van der Waals surface area contributed by atoms with Crippen molar-refractivity contribution in [3.8, 4) is 57.5 Å². The Kier molecular flexibility index (Phi) is 8.46. The number of phenols is 4. The van der Waals surface area contributed by atoms with Gasteiger partial charge >= 0.3 is 0 Å². The highest BCUT2D eigenvalue weighted by Crippen LogP contribution is 2.53. The van der Waals surface area contributed by atoms with Crippen LogP contribution in [-0.4, -0.2) is 57.9 Å². The van der Waals surface area contributed by atoms with Gasteiger partial charge in [-0.15, -0.1) is 0 Å². The van der Waals surface area contributed by atoms with Crippen molar-refractivity contribution in [3.63, 3.8) is 0 Å². The zero-order valence-corrected chi connectivity index (χ0v) is 27.7. The molecule has 0 radical (unpaired) electrons. The molecule has 4 aromatic carbocycles. The predicted octanol–water partition coefficient (Wildman–Crippen LogP) is 6.69. The van der Waals surface area contributed by atoms with E-state index < -0.39 is 29.4 Å². The van der Waals surface area contributed by atoms with Gasteiger partial charge in [-0.25, -0.2) is 0 Å². The molecule has 2 aliphatic rings. The van der Waals surface area contributed by atoms with E-state index in [1.807, 2.05) is 0 Å². The molecule has 0 aromatic heterocycles. The zero-order valence-electron chi connectivity index (χ0n) is 27.7. The van der Waals surface area contributed by atoms with Gasteiger partial charge < -0.3 is 49.2 Å². The highest BCUT2D eigenvalue weighted by Gasteiger charge is 2.51. The maximum Gasteiger partial charge on any atom is 0.205 e. The summed E-state index contributed by atoms with van der Waals surface area (Å²) in [5, 5.41) is 55.3. The topological polar surface area (TPSA) is 181 Å². The summed E-state index contributed by atoms with van der Waals surface area (Å²) in [6, 6.07) is 10.4. The molecule has 12 heteroatoms. The molecule has 0 saturated heterocycles. The van der Waals surface area contributed by atoms with Crippen molar-refractivity contribution < 1.29 is 58.8 Å². The Morgan fingerprint density at radius 2 is 1.14 bits per heavy atom. The molecule has 2 aliphatic heterocycles. The molecule has 12 nitrogen and oxygen atoms in total. The summed E-state index contributed by atoms with van der Waals surface area (Å²) in [6.45, 7) is 4.04. The van der Waals surface area contributed by atoms with Crippen LogP contribution in [0.15, 0.2) is 60.7 Å². The van der Waals surface area contributed by atoms with Crippen molar-refractivity contribution in [2.45, 2.75) is 32.0 Å². The average molecular weight is 683 g/mol. The van der Waals surface area contributed by atoms with E-state index in [1.54, 1.807) is 38.2 Å². The van der Waals surface area contributed by atoms with Crippen molar-refractivity contribution in [1.82, 2.24) is 0 Å². The van der Waals surface area contributed by atoms with Crippen molar-refractivity contribution >= 4 is 23.7 Å². The number of hydrogen-bond acceptors (Lipinski definition) is 12. The predicted molar refractivity (Wildman–Crippen MR) is 181 cm³/mol. The largest absolute Gasteiger partial charge is 0.507 e. The number of fused-ring (bicyclic) bond motifs is 4. The standard InChI is InChI=1S/C38H34O12/c1-6-8-19-14-23-29(16-27(19)41)49-31-21(10-12-25(39)33(31)46-4)35(43)37(23,3)48-18-38(45)24-15-20(9-7-2)28(42)17-30(24)50-32-22(36(38)44)11-13-26(40)34(32)47-5/h6-17,39-42,45H,18H2,1-5H3/b8-6+,9-7+/t37-,38-/m0/s1. The van der Waals surface area contributed by atoms with Crippen molar-refractivity contribution in [2.24, 2.45) is 0 Å². The molecule has 0 aliphatic carbocycles. The molecule has 258 valence electrons. The molecular weight excluding hydrogens is 648 g/mol. The van der Waals surface area contributed by atoms with E-state index >= 15 is 0 Å². The Balaban J connectivity index is 1.58. The Morgan fingerprint density at radius 1 is 0.680 bits per heavy atom. The Morgan fingerprint density at radius 3 is 1.62 bits per heavy atom. The first-order chi connectivity index (χ1) is 23.8. The van der Waals surface area contributed by atoms with Crippen LogP contribution in [0.5, 0.6) is 57.5 Å². The van der Waals surface area contributed by atoms with Gasteiger partial charge in [-0.3, -0.25) is 9.59 Å². The number of methoxy groups -OCH3 is 2. The van der Waals surface area contributed by atoms with Crippen molar-refractivity contribution in [3.05, 3.63) is 94.1 Å². The number of carbonyl (C=O) groups is 2. The normalized spacial score (nSPS) is 19.5. The molecule has 2 heterocycles. The van der Waals surface area contributed by atoms with Crippen LogP contribution in [0.25, 0.3) is 12.2 Å². The molecule has 6 rings (SSSR count). The first-order valence-corrected chi connectivity index (χ1v) is 15.4. The third-order valence-electron chi connectivity index (χ3n) is 8.79. The van der Waals surface area contributed by atoms with Gasteiger partial charge in [0, 0.05) is 34.4 Å². The maximum absolute atomic E-state index is 14.6. The fourth-order valence-corrected chi connectivity index (χ4v) is 6.20. The number of phenolic OH excluding ortho intramolecular Hbond substituents is 4. The van der Waals surface area contributed by atoms with E-state index in [0.29, 0.717) is 5.56 Å². The summed E-state index contributed by atoms with van der Waals surface area (Å²) in [6.07, 6.45) is 6.50. The van der Waals surface area contributed by atoms with E-state index in [-0.39, 0.29) is 85.3 Å². The minimum Gasteiger partial charge on any atom is -0.507 e. The number of carbonyl (C=O) groups excluding carboxylic acids is 2. The lowest BCUT2D eigenvalue weighted by atomic mass is 9.83. The van der Waals surface area contributed by atoms with Crippen LogP contribution < -0.4 is 18.9 Å². The SMILES string of the molecule is C/C=C/c1cc2c(cc1O)Oc1c(ccc(O)c1OC)C(=O)[C@]2(O)CO[C@]1(C)C(=O)c2ccc(O)c(OC)c2Oc2cc(O)c(/C=C/C)cc21. The minimum absolute atomic E-state index is 0.0250. The lowest BCUT2D eigenvalue weighted by Crippen LogP contribution is -2.45. The summed E-state index contributed by atoms with van der Waals surface area (Å²) in [7, 11) is 2.55. The number of rotatable bonds is 7. The summed E-state index contributed by atoms with van der Waals surface area (Å²) < 4.78 is 29.4. The van der Waals surface area contributed by atoms with E-state index in [4.69, 9.17) is 23.7 Å². The molecule has 5 N–H and O–H groups in total. The number of Topliss-reactive ketones (excluding diaryl/α,β-unsaturated/α-hetero) is 2. The second-order valence-corrected chi connectivity index (χ2v) is 11.8.